The molecule has 3 N–H and O–H groups in total. The van der Waals surface area contributed by atoms with Crippen LogP contribution < -0.4 is 11.3 Å². The average molecular weight is 222 g/mol. The van der Waals surface area contributed by atoms with Crippen LogP contribution in [0.15, 0.2) is 29.2 Å². The number of hydrazine groups is 1. The highest BCUT2D eigenvalue weighted by Crippen LogP contribution is 2.21. The Labute approximate surface area is 92.7 Å². The van der Waals surface area contributed by atoms with Gasteiger partial charge in [0.05, 0.1) is 0 Å². The minimum absolute atomic E-state index is 0.0220. The molecule has 0 aromatic carbocycles. The van der Waals surface area contributed by atoms with E-state index in [0.717, 1.165) is 17.9 Å². The lowest BCUT2D eigenvalue weighted by Crippen LogP contribution is -2.30. The third-order valence-corrected chi connectivity index (χ3v) is 3.09. The molecule has 15 heavy (non-hydrogen) atoms. The lowest BCUT2D eigenvalue weighted by molar-refractivity contribution is 0.562. The van der Waals surface area contributed by atoms with Crippen LogP contribution in [0.3, 0.4) is 0 Å². The molecule has 2 heterocycles. The molecule has 2 aromatic heterocycles. The summed E-state index contributed by atoms with van der Waals surface area (Å²) in [5, 5.41) is 4.12. The summed E-state index contributed by atoms with van der Waals surface area (Å²) in [6.07, 6.45) is 3.77. The number of hydrogen-bond acceptors (Lipinski definition) is 4. The van der Waals surface area contributed by atoms with Crippen molar-refractivity contribution in [3.05, 3.63) is 40.6 Å². The zero-order valence-corrected chi connectivity index (χ0v) is 9.37. The maximum atomic E-state index is 5.58. The molecule has 0 aliphatic rings. The number of thiophene rings is 1. The van der Waals surface area contributed by atoms with Crippen LogP contribution in [0.4, 0.5) is 0 Å². The predicted octanol–water partition coefficient (Wildman–Crippen LogP) is 1.52. The van der Waals surface area contributed by atoms with E-state index in [0.29, 0.717) is 0 Å². The summed E-state index contributed by atoms with van der Waals surface area (Å²) >= 11 is 1.66. The van der Waals surface area contributed by atoms with E-state index in [4.69, 9.17) is 5.84 Å². The quantitative estimate of drug-likeness (QED) is 0.609. The molecule has 4 nitrogen and oxygen atoms in total. The van der Waals surface area contributed by atoms with Crippen LogP contribution in [0.2, 0.25) is 0 Å². The van der Waals surface area contributed by atoms with E-state index < -0.39 is 0 Å². The van der Waals surface area contributed by atoms with Gasteiger partial charge in [0.1, 0.15) is 11.9 Å². The minimum atomic E-state index is -0.0220. The van der Waals surface area contributed by atoms with E-state index in [1.54, 1.807) is 17.5 Å². The number of nitrogens with two attached hydrogens (primary N) is 1. The summed E-state index contributed by atoms with van der Waals surface area (Å²) in [6.45, 7) is 2.99. The Balaban J connectivity index is 2.35. The standard InChI is InChI=1S/C10H14N4S/c1-2-14-5-4-12-10(14)9(13-11)8-3-6-15-7-8/h3-7,9,13H,2,11H2,1H3. The smallest absolute Gasteiger partial charge is 0.131 e. The van der Waals surface area contributed by atoms with Gasteiger partial charge in [-0.15, -0.1) is 0 Å². The highest BCUT2D eigenvalue weighted by atomic mass is 32.1. The summed E-state index contributed by atoms with van der Waals surface area (Å²) in [5.74, 6) is 6.54. The molecule has 0 aliphatic carbocycles. The minimum Gasteiger partial charge on any atom is -0.334 e. The molecule has 0 saturated carbocycles. The highest BCUT2D eigenvalue weighted by molar-refractivity contribution is 7.07. The summed E-state index contributed by atoms with van der Waals surface area (Å²) in [4.78, 5) is 4.34. The highest BCUT2D eigenvalue weighted by Gasteiger charge is 2.17. The molecule has 0 saturated heterocycles. The van der Waals surface area contributed by atoms with Crippen LogP contribution in [-0.4, -0.2) is 9.55 Å². The van der Waals surface area contributed by atoms with Crippen molar-refractivity contribution < 1.29 is 0 Å². The maximum Gasteiger partial charge on any atom is 0.131 e. The molecule has 0 fully saturated rings. The molecule has 0 aliphatic heterocycles. The molecule has 0 radical (unpaired) electrons. The number of imidazole rings is 1. The zero-order chi connectivity index (χ0) is 10.7. The first-order chi connectivity index (χ1) is 7.36. The van der Waals surface area contributed by atoms with Gasteiger partial charge in [0, 0.05) is 18.9 Å². The van der Waals surface area contributed by atoms with Gasteiger partial charge in [0.25, 0.3) is 0 Å². The third-order valence-electron chi connectivity index (χ3n) is 2.39. The van der Waals surface area contributed by atoms with E-state index in [1.165, 1.54) is 0 Å². The van der Waals surface area contributed by atoms with Gasteiger partial charge in [-0.2, -0.15) is 11.3 Å². The van der Waals surface area contributed by atoms with Gasteiger partial charge >= 0.3 is 0 Å². The van der Waals surface area contributed by atoms with Crippen LogP contribution in [0, 0.1) is 0 Å². The van der Waals surface area contributed by atoms with Crippen LogP contribution in [0.1, 0.15) is 24.4 Å². The SMILES string of the molecule is CCn1ccnc1C(NN)c1ccsc1. The Morgan fingerprint density at radius 3 is 3.13 bits per heavy atom. The molecular formula is C10H14N4S. The number of rotatable bonds is 4. The van der Waals surface area contributed by atoms with E-state index in [9.17, 15) is 0 Å². The van der Waals surface area contributed by atoms with Crippen molar-refractivity contribution in [1.29, 1.82) is 0 Å². The van der Waals surface area contributed by atoms with E-state index >= 15 is 0 Å². The number of nitrogens with zero attached hydrogens (tertiary/aromatic N) is 2. The van der Waals surface area contributed by atoms with Gasteiger partial charge < -0.3 is 4.57 Å². The van der Waals surface area contributed by atoms with Gasteiger partial charge in [-0.1, -0.05) is 0 Å². The van der Waals surface area contributed by atoms with Crippen molar-refractivity contribution in [2.45, 2.75) is 19.5 Å². The fraction of sp³-hybridized carbons (Fsp3) is 0.300. The monoisotopic (exact) mass is 222 g/mol. The third kappa shape index (κ3) is 1.94. The lowest BCUT2D eigenvalue weighted by atomic mass is 10.1. The van der Waals surface area contributed by atoms with Crippen molar-refractivity contribution in [3.63, 3.8) is 0 Å². The summed E-state index contributed by atoms with van der Waals surface area (Å²) in [6, 6.07) is 2.04. The maximum absolute atomic E-state index is 5.58. The fourth-order valence-corrected chi connectivity index (χ4v) is 2.29. The first kappa shape index (κ1) is 10.4. The van der Waals surface area contributed by atoms with Crippen LogP contribution in [0.5, 0.6) is 0 Å². The zero-order valence-electron chi connectivity index (χ0n) is 8.55. The predicted molar refractivity (Wildman–Crippen MR) is 61.4 cm³/mol. The van der Waals surface area contributed by atoms with E-state index in [1.807, 2.05) is 11.6 Å². The number of aryl methyl sites for hydroxylation is 1. The molecule has 5 heteroatoms. The first-order valence-corrected chi connectivity index (χ1v) is 5.80. The van der Waals surface area contributed by atoms with Crippen LogP contribution in [0.25, 0.3) is 0 Å². The molecule has 0 bridgehead atoms. The van der Waals surface area contributed by atoms with Crippen molar-refractivity contribution in [2.75, 3.05) is 0 Å². The van der Waals surface area contributed by atoms with Crippen molar-refractivity contribution in [3.8, 4) is 0 Å². The van der Waals surface area contributed by atoms with Crippen molar-refractivity contribution in [1.82, 2.24) is 15.0 Å². The van der Waals surface area contributed by atoms with Crippen LogP contribution in [-0.2, 0) is 6.54 Å². The summed E-state index contributed by atoms with van der Waals surface area (Å²) in [7, 11) is 0. The van der Waals surface area contributed by atoms with Gasteiger partial charge in [-0.3, -0.25) is 5.84 Å². The summed E-state index contributed by atoms with van der Waals surface area (Å²) in [5.41, 5.74) is 3.96. The Bertz CT molecular complexity index is 407. The number of nitrogens with one attached hydrogen (secondary N) is 1. The first-order valence-electron chi connectivity index (χ1n) is 4.86. The number of hydrogen-bond donors (Lipinski definition) is 2. The molecule has 2 rings (SSSR count). The van der Waals surface area contributed by atoms with E-state index in [2.05, 4.69) is 33.3 Å². The van der Waals surface area contributed by atoms with Gasteiger partial charge in [0.2, 0.25) is 0 Å². The second-order valence-electron chi connectivity index (χ2n) is 3.23. The lowest BCUT2D eigenvalue weighted by Gasteiger charge is -2.15. The Hall–Kier alpha value is -1.17. The molecule has 0 spiro atoms. The van der Waals surface area contributed by atoms with E-state index in [-0.39, 0.29) is 6.04 Å². The van der Waals surface area contributed by atoms with Gasteiger partial charge in [0.15, 0.2) is 0 Å². The largest absolute Gasteiger partial charge is 0.334 e. The molecule has 0 amide bonds. The summed E-state index contributed by atoms with van der Waals surface area (Å²) < 4.78 is 2.09. The topological polar surface area (TPSA) is 55.9 Å². The van der Waals surface area contributed by atoms with Crippen molar-refractivity contribution in [2.24, 2.45) is 5.84 Å². The molecular weight excluding hydrogens is 208 g/mol. The Morgan fingerprint density at radius 2 is 2.53 bits per heavy atom. The molecule has 2 aromatic rings. The Morgan fingerprint density at radius 1 is 1.67 bits per heavy atom. The van der Waals surface area contributed by atoms with Gasteiger partial charge in [-0.25, -0.2) is 10.4 Å². The average Bonchev–Trinajstić information content (AvgIpc) is 2.89. The normalized spacial score (nSPS) is 12.9. The fourth-order valence-electron chi connectivity index (χ4n) is 1.61. The van der Waals surface area contributed by atoms with Crippen LogP contribution >= 0.6 is 11.3 Å². The van der Waals surface area contributed by atoms with Crippen molar-refractivity contribution >= 4 is 11.3 Å². The van der Waals surface area contributed by atoms with Gasteiger partial charge in [-0.05, 0) is 29.3 Å². The molecule has 1 unspecified atom stereocenters. The Kier molecular flexibility index (Phi) is 3.15. The number of aromatic nitrogens is 2. The second kappa shape index (κ2) is 4.57. The molecule has 80 valence electrons. The molecule has 1 atom stereocenters. The second-order valence-corrected chi connectivity index (χ2v) is 4.01.